The predicted octanol–water partition coefficient (Wildman–Crippen LogP) is 2.52. The Balaban J connectivity index is 1.67. The predicted molar refractivity (Wildman–Crippen MR) is 158 cm³/mol. The average Bonchev–Trinajstić information content (AvgIpc) is 3.78. The number of fused-ring (bicyclic) bond motifs is 2. The van der Waals surface area contributed by atoms with Crippen LogP contribution in [0.2, 0.25) is 0 Å². The van der Waals surface area contributed by atoms with E-state index in [1.807, 2.05) is 30.5 Å². The third-order valence-corrected chi connectivity index (χ3v) is 8.66. The molecule has 0 spiro atoms. The minimum absolute atomic E-state index is 0.194. The molecule has 1 aliphatic carbocycles. The largest absolute Gasteiger partial charge is 0.341 e. The molecule has 1 aliphatic heterocycles. The molecule has 216 valence electrons. The van der Waals surface area contributed by atoms with Crippen LogP contribution in [-0.2, 0) is 30.8 Å². The Morgan fingerprint density at radius 1 is 1.07 bits per heavy atom. The third kappa shape index (κ3) is 5.82. The molecular formula is C30H35N5O5S. The van der Waals surface area contributed by atoms with E-state index in [0.717, 1.165) is 41.1 Å². The summed E-state index contributed by atoms with van der Waals surface area (Å²) >= 11 is 0. The van der Waals surface area contributed by atoms with Crippen LogP contribution >= 0.6 is 0 Å². The molecule has 3 aromatic rings. The van der Waals surface area contributed by atoms with Crippen molar-refractivity contribution >= 4 is 49.8 Å². The van der Waals surface area contributed by atoms with Crippen molar-refractivity contribution in [3.05, 3.63) is 65.9 Å². The van der Waals surface area contributed by atoms with Gasteiger partial charge in [0.05, 0.1) is 35.5 Å². The van der Waals surface area contributed by atoms with Crippen LogP contribution in [0.4, 0.5) is 11.4 Å². The standard InChI is InChI=1S/C30H35N5O5S/c1-18(31-3)29(37)33-28-19(2)35(27(36)17-41(4,39)40)26-12-8-7-11-25(26)34(30(28)38)16-23-21-9-5-6-10-24(21)32-15-22(23)20-13-14-20/h5-12,15,18-20,28,31H,13-14,16-17H2,1-4H3,(H,33,37)/t18-,19-,28-/m0/s1. The smallest absolute Gasteiger partial charge is 0.252 e. The van der Waals surface area contributed by atoms with E-state index in [9.17, 15) is 22.8 Å². The van der Waals surface area contributed by atoms with Gasteiger partial charge in [0.1, 0.15) is 11.8 Å². The summed E-state index contributed by atoms with van der Waals surface area (Å²) in [5, 5.41) is 6.66. The van der Waals surface area contributed by atoms with Gasteiger partial charge in [-0.2, -0.15) is 0 Å². The highest BCUT2D eigenvalue weighted by Crippen LogP contribution is 2.44. The number of nitrogens with zero attached hydrogens (tertiary/aromatic N) is 3. The zero-order chi connectivity index (χ0) is 29.5. The maximum Gasteiger partial charge on any atom is 0.252 e. The number of nitrogens with one attached hydrogen (secondary N) is 2. The Morgan fingerprint density at radius 3 is 2.39 bits per heavy atom. The van der Waals surface area contributed by atoms with E-state index < -0.39 is 45.5 Å². The van der Waals surface area contributed by atoms with Crippen molar-refractivity contribution in [3.63, 3.8) is 0 Å². The zero-order valence-electron chi connectivity index (χ0n) is 23.6. The summed E-state index contributed by atoms with van der Waals surface area (Å²) in [7, 11) is -2.03. The van der Waals surface area contributed by atoms with Gasteiger partial charge in [-0.15, -0.1) is 0 Å². The molecule has 11 heteroatoms. The monoisotopic (exact) mass is 577 g/mol. The number of aromatic nitrogens is 1. The molecule has 10 nitrogen and oxygen atoms in total. The van der Waals surface area contributed by atoms with Crippen LogP contribution in [0.3, 0.4) is 0 Å². The highest BCUT2D eigenvalue weighted by Gasteiger charge is 2.43. The molecular weight excluding hydrogens is 542 g/mol. The number of benzene rings is 2. The maximum atomic E-state index is 14.5. The lowest BCUT2D eigenvalue weighted by Gasteiger charge is -2.32. The van der Waals surface area contributed by atoms with Crippen molar-refractivity contribution in [1.82, 2.24) is 15.6 Å². The van der Waals surface area contributed by atoms with Crippen LogP contribution in [0.1, 0.15) is 43.7 Å². The van der Waals surface area contributed by atoms with E-state index in [1.54, 1.807) is 50.1 Å². The topological polar surface area (TPSA) is 129 Å². The Hall–Kier alpha value is -3.83. The Morgan fingerprint density at radius 2 is 1.73 bits per heavy atom. The minimum Gasteiger partial charge on any atom is -0.341 e. The lowest BCUT2D eigenvalue weighted by Crippen LogP contribution is -2.60. The second-order valence-electron chi connectivity index (χ2n) is 11.0. The van der Waals surface area contributed by atoms with E-state index in [2.05, 4.69) is 15.6 Å². The second kappa shape index (κ2) is 11.2. The van der Waals surface area contributed by atoms with Gasteiger partial charge in [-0.05, 0) is 69.0 Å². The molecule has 2 heterocycles. The minimum atomic E-state index is -3.67. The van der Waals surface area contributed by atoms with E-state index in [4.69, 9.17) is 0 Å². The number of anilines is 2. The SMILES string of the molecule is CN[C@@H](C)C(=O)N[C@@H]1C(=O)N(Cc2c(C3CC3)cnc3ccccc23)c2ccccc2N(C(=O)CS(C)(=O)=O)[C@H]1C. The fraction of sp³-hybridized carbons (Fsp3) is 0.400. The molecule has 0 saturated heterocycles. The molecule has 2 aromatic carbocycles. The Bertz CT molecular complexity index is 1620. The van der Waals surface area contributed by atoms with Gasteiger partial charge in [0.25, 0.3) is 5.91 Å². The van der Waals surface area contributed by atoms with Crippen molar-refractivity contribution in [2.24, 2.45) is 0 Å². The fourth-order valence-electron chi connectivity index (χ4n) is 5.46. The molecule has 1 aromatic heterocycles. The van der Waals surface area contributed by atoms with Gasteiger partial charge in [-0.25, -0.2) is 8.42 Å². The van der Waals surface area contributed by atoms with Crippen LogP contribution in [-0.4, -0.2) is 68.3 Å². The summed E-state index contributed by atoms with van der Waals surface area (Å²) in [5.74, 6) is -1.84. The van der Waals surface area contributed by atoms with Crippen LogP contribution in [0.5, 0.6) is 0 Å². The number of pyridine rings is 1. The van der Waals surface area contributed by atoms with Crippen molar-refractivity contribution in [2.45, 2.75) is 57.3 Å². The first-order valence-corrected chi connectivity index (χ1v) is 15.8. The van der Waals surface area contributed by atoms with Gasteiger partial charge in [-0.3, -0.25) is 19.4 Å². The molecule has 3 amide bonds. The average molecular weight is 578 g/mol. The zero-order valence-corrected chi connectivity index (χ0v) is 24.4. The number of carbonyl (C=O) groups is 3. The first kappa shape index (κ1) is 28.7. The number of sulfone groups is 1. The first-order valence-electron chi connectivity index (χ1n) is 13.7. The van der Waals surface area contributed by atoms with Crippen LogP contribution in [0.25, 0.3) is 10.9 Å². The Labute approximate surface area is 240 Å². The summed E-state index contributed by atoms with van der Waals surface area (Å²) in [5.41, 5.74) is 3.74. The van der Waals surface area contributed by atoms with Gasteiger partial charge in [-0.1, -0.05) is 30.3 Å². The molecule has 0 unspecified atom stereocenters. The van der Waals surface area contributed by atoms with Crippen molar-refractivity contribution < 1.29 is 22.8 Å². The Kier molecular flexibility index (Phi) is 7.85. The van der Waals surface area contributed by atoms with Crippen LogP contribution < -0.4 is 20.4 Å². The van der Waals surface area contributed by atoms with E-state index >= 15 is 0 Å². The molecule has 2 N–H and O–H groups in total. The second-order valence-corrected chi connectivity index (χ2v) is 13.1. The van der Waals surface area contributed by atoms with Crippen molar-refractivity contribution in [3.8, 4) is 0 Å². The molecule has 2 aliphatic rings. The maximum absolute atomic E-state index is 14.5. The van der Waals surface area contributed by atoms with Gasteiger partial charge in [0.15, 0.2) is 9.84 Å². The molecule has 5 rings (SSSR count). The highest BCUT2D eigenvalue weighted by atomic mass is 32.2. The molecule has 1 fully saturated rings. The number of amides is 3. The number of likely N-dealkylation sites (N-methyl/N-ethyl adjacent to an activating group) is 1. The molecule has 41 heavy (non-hydrogen) atoms. The van der Waals surface area contributed by atoms with Gasteiger partial charge in [0, 0.05) is 17.8 Å². The number of rotatable bonds is 8. The summed E-state index contributed by atoms with van der Waals surface area (Å²) < 4.78 is 24.3. The summed E-state index contributed by atoms with van der Waals surface area (Å²) in [6, 6.07) is 12.2. The van der Waals surface area contributed by atoms with Crippen LogP contribution in [0.15, 0.2) is 54.7 Å². The number of carbonyl (C=O) groups excluding carboxylic acids is 3. The lowest BCUT2D eigenvalue weighted by atomic mass is 9.99. The highest BCUT2D eigenvalue weighted by molar-refractivity contribution is 7.91. The normalized spacial score (nSPS) is 20.0. The summed E-state index contributed by atoms with van der Waals surface area (Å²) in [4.78, 5) is 48.7. The van der Waals surface area contributed by atoms with Gasteiger partial charge in [0.2, 0.25) is 11.8 Å². The molecule has 0 radical (unpaired) electrons. The molecule has 3 atom stereocenters. The number of hydrogen-bond acceptors (Lipinski definition) is 7. The third-order valence-electron chi connectivity index (χ3n) is 7.89. The van der Waals surface area contributed by atoms with E-state index in [-0.39, 0.29) is 12.5 Å². The molecule has 1 saturated carbocycles. The van der Waals surface area contributed by atoms with Crippen molar-refractivity contribution in [2.75, 3.05) is 28.9 Å². The summed E-state index contributed by atoms with van der Waals surface area (Å²) in [6.07, 6.45) is 4.98. The lowest BCUT2D eigenvalue weighted by molar-refractivity contribution is -0.129. The van der Waals surface area contributed by atoms with E-state index in [0.29, 0.717) is 17.3 Å². The first-order chi connectivity index (χ1) is 19.5. The number of para-hydroxylation sites is 3. The molecule has 0 bridgehead atoms. The quantitative estimate of drug-likeness (QED) is 0.421. The van der Waals surface area contributed by atoms with E-state index in [1.165, 1.54) is 4.90 Å². The van der Waals surface area contributed by atoms with Crippen molar-refractivity contribution in [1.29, 1.82) is 0 Å². The van der Waals surface area contributed by atoms with Gasteiger partial charge < -0.3 is 20.4 Å². The van der Waals surface area contributed by atoms with Crippen LogP contribution in [0, 0.1) is 0 Å². The summed E-state index contributed by atoms with van der Waals surface area (Å²) in [6.45, 7) is 3.52. The van der Waals surface area contributed by atoms with Gasteiger partial charge >= 0.3 is 0 Å². The number of hydrogen-bond donors (Lipinski definition) is 2. The fourth-order valence-corrected chi connectivity index (χ4v) is 6.05.